The van der Waals surface area contributed by atoms with Gasteiger partial charge >= 0.3 is 38.5 Å². The molecule has 0 fully saturated rings. The van der Waals surface area contributed by atoms with Crippen LogP contribution in [0.3, 0.4) is 0 Å². The van der Waals surface area contributed by atoms with Gasteiger partial charge < -0.3 is 24.8 Å². The van der Waals surface area contributed by atoms with Crippen molar-refractivity contribution in [3.8, 4) is 0 Å². The van der Waals surface area contributed by atoms with E-state index in [1.54, 1.807) is 0 Å². The van der Waals surface area contributed by atoms with Gasteiger partial charge in [0.05, 0.1) is 0 Å². The molecule has 0 spiro atoms. The van der Waals surface area contributed by atoms with Crippen LogP contribution in [0.15, 0.2) is 35.5 Å². The van der Waals surface area contributed by atoms with Crippen LogP contribution in [0, 0.1) is 12.2 Å². The third-order valence-corrected chi connectivity index (χ3v) is 1.74. The maximum atomic E-state index is 3.05. The van der Waals surface area contributed by atoms with Crippen molar-refractivity contribution in [3.05, 3.63) is 47.6 Å². The summed E-state index contributed by atoms with van der Waals surface area (Å²) in [6.07, 6.45) is 16.6. The Labute approximate surface area is 137 Å². The topological polar surface area (TPSA) is 0 Å². The minimum atomic E-state index is 0. The normalized spacial score (nSPS) is 13.9. The van der Waals surface area contributed by atoms with Crippen molar-refractivity contribution in [2.75, 3.05) is 0 Å². The smallest absolute Gasteiger partial charge is 1.00 e. The zero-order valence-corrected chi connectivity index (χ0v) is 15.6. The summed E-state index contributed by atoms with van der Waals surface area (Å²) >= 11 is 2.27. The Kier molecular flexibility index (Phi) is 20.3. The van der Waals surface area contributed by atoms with E-state index >= 15 is 0 Å². The molecule has 2 aliphatic carbocycles. The second kappa shape index (κ2) is 15.5. The summed E-state index contributed by atoms with van der Waals surface area (Å²) in [5.74, 6) is 0. The van der Waals surface area contributed by atoms with Gasteiger partial charge in [0, 0.05) is 0 Å². The van der Waals surface area contributed by atoms with Gasteiger partial charge in [-0.25, -0.2) is 23.3 Å². The van der Waals surface area contributed by atoms with Crippen molar-refractivity contribution in [2.24, 2.45) is 0 Å². The predicted octanol–water partition coefficient (Wildman–Crippen LogP) is -1.82. The van der Waals surface area contributed by atoms with Crippen molar-refractivity contribution in [2.45, 2.75) is 39.8 Å². The molecule has 2 aliphatic rings. The average Bonchev–Trinajstić information content (AvgIpc) is 2.78. The first-order chi connectivity index (χ1) is 7.52. The van der Waals surface area contributed by atoms with Crippen molar-refractivity contribution in [1.82, 2.24) is 0 Å². The van der Waals surface area contributed by atoms with Gasteiger partial charge in [-0.15, -0.1) is 26.7 Å². The van der Waals surface area contributed by atoms with Crippen LogP contribution >= 0.6 is 0 Å². The van der Waals surface area contributed by atoms with Gasteiger partial charge in [0.25, 0.3) is 0 Å². The first kappa shape index (κ1) is 23.6. The Balaban J connectivity index is -0.000000182. The predicted molar refractivity (Wildman–Crippen MR) is 69.9 cm³/mol. The van der Waals surface area contributed by atoms with E-state index in [1.807, 2.05) is 12.2 Å². The molecule has 0 heterocycles. The molecule has 0 saturated heterocycles. The van der Waals surface area contributed by atoms with Crippen LogP contribution in [-0.4, -0.2) is 6.19 Å². The molecule has 0 aliphatic heterocycles. The summed E-state index contributed by atoms with van der Waals surface area (Å²) in [4.78, 5) is 0. The molecule has 0 bridgehead atoms. The van der Waals surface area contributed by atoms with Crippen LogP contribution in [0.4, 0.5) is 0 Å². The molecule has 0 aromatic carbocycles. The largest absolute Gasteiger partial charge is 1.00 e. The maximum Gasteiger partial charge on any atom is -1.00 e. The fourth-order valence-electron chi connectivity index (χ4n) is 0.998. The summed E-state index contributed by atoms with van der Waals surface area (Å²) in [5, 5.41) is 0. The molecule has 0 aromatic rings. The first-order valence-electron chi connectivity index (χ1n) is 5.51. The number of hydrogen-bond acceptors (Lipinski definition) is 0. The summed E-state index contributed by atoms with van der Waals surface area (Å²) in [5.41, 5.74) is 2.69. The Morgan fingerprint density at radius 2 is 1.22 bits per heavy atom. The van der Waals surface area contributed by atoms with Gasteiger partial charge in [0.15, 0.2) is 0 Å². The average molecular weight is 335 g/mol. The number of halogens is 2. The molecule has 0 radical (unpaired) electrons. The van der Waals surface area contributed by atoms with Gasteiger partial charge in [-0.2, -0.15) is 12.2 Å². The minimum Gasteiger partial charge on any atom is -1.00 e. The Hall–Kier alpha value is 0.471. The van der Waals surface area contributed by atoms with E-state index < -0.39 is 0 Å². The third-order valence-electron chi connectivity index (χ3n) is 1.74. The second-order valence-corrected chi connectivity index (χ2v) is 10.7. The van der Waals surface area contributed by atoms with Crippen molar-refractivity contribution in [3.63, 3.8) is 0 Å². The van der Waals surface area contributed by atoms with E-state index in [0.29, 0.717) is 0 Å². The van der Waals surface area contributed by atoms with Gasteiger partial charge in [0.2, 0.25) is 0 Å². The molecule has 18 heavy (non-hydrogen) atoms. The standard InChI is InChI=1S/2C6H7.C2H6Si.2ClH.Ti/c2*1-6-4-2-3-5-6;1-3-2;;;/h2*4-5H,2H2,1H3;1-2H3;2*1H;/q2*-1;;;;+2/p-2. The minimum absolute atomic E-state index is 0. The number of allylic oxidation sites excluding steroid dienone is 8. The SMILES string of the molecule is CC1=CC[C-]=C1.CC1=CC[C-]=C1.C[Si](C)=[Ti+2].[Cl-].[Cl-]. The quantitative estimate of drug-likeness (QED) is 0.362. The molecule has 4 heteroatoms. The zero-order chi connectivity index (χ0) is 12.4. The van der Waals surface area contributed by atoms with Crippen molar-refractivity contribution in [1.29, 1.82) is 0 Å². The molecule has 0 unspecified atom stereocenters. The molecule has 2 rings (SSSR count). The van der Waals surface area contributed by atoms with Crippen LogP contribution in [0.25, 0.3) is 0 Å². The molecule has 100 valence electrons. The number of hydrogen-bond donors (Lipinski definition) is 0. The molecular formula is C14H20Cl2SiTi-2. The Morgan fingerprint density at radius 1 is 0.944 bits per heavy atom. The Bertz CT molecular complexity index is 304. The van der Waals surface area contributed by atoms with Crippen LogP contribution in [0.5, 0.6) is 0 Å². The van der Waals surface area contributed by atoms with E-state index in [4.69, 9.17) is 0 Å². The van der Waals surface area contributed by atoms with E-state index in [1.165, 1.54) is 11.1 Å². The third kappa shape index (κ3) is 18.8. The fraction of sp³-hybridized carbons (Fsp3) is 0.429. The fourth-order valence-corrected chi connectivity index (χ4v) is 0.998. The van der Waals surface area contributed by atoms with E-state index in [9.17, 15) is 0 Å². The maximum absolute atomic E-state index is 3.05. The zero-order valence-electron chi connectivity index (χ0n) is 11.5. The second-order valence-electron chi connectivity index (χ2n) is 4.00. The molecule has 0 amide bonds. The van der Waals surface area contributed by atoms with Gasteiger partial charge in [-0.05, 0) is 0 Å². The molecule has 0 atom stereocenters. The molecule has 0 aromatic heterocycles. The van der Waals surface area contributed by atoms with Gasteiger partial charge in [-0.3, -0.25) is 12.2 Å². The van der Waals surface area contributed by atoms with Crippen LogP contribution in [-0.2, 0) is 19.2 Å². The van der Waals surface area contributed by atoms with Crippen LogP contribution < -0.4 is 24.8 Å². The molecule has 0 nitrogen and oxygen atoms in total. The summed E-state index contributed by atoms with van der Waals surface area (Å²) < 4.78 is 0. The van der Waals surface area contributed by atoms with E-state index in [2.05, 4.69) is 70.4 Å². The molecule has 0 saturated carbocycles. The summed E-state index contributed by atoms with van der Waals surface area (Å²) in [7, 11) is 0. The number of rotatable bonds is 0. The first-order valence-corrected chi connectivity index (χ1v) is 10.3. The van der Waals surface area contributed by atoms with Crippen molar-refractivity contribution >= 4 is 6.19 Å². The summed E-state index contributed by atoms with van der Waals surface area (Å²) in [6.45, 7) is 8.70. The Morgan fingerprint density at radius 3 is 1.28 bits per heavy atom. The summed E-state index contributed by atoms with van der Waals surface area (Å²) in [6, 6.07) is 0. The monoisotopic (exact) mass is 334 g/mol. The van der Waals surface area contributed by atoms with Gasteiger partial charge in [0.1, 0.15) is 0 Å². The van der Waals surface area contributed by atoms with Crippen LogP contribution in [0.2, 0.25) is 13.1 Å². The molecule has 0 N–H and O–H groups in total. The van der Waals surface area contributed by atoms with E-state index in [0.717, 1.165) is 12.8 Å². The van der Waals surface area contributed by atoms with E-state index in [-0.39, 0.29) is 31.0 Å². The van der Waals surface area contributed by atoms with Crippen LogP contribution in [0.1, 0.15) is 26.7 Å². The van der Waals surface area contributed by atoms with Crippen molar-refractivity contribution < 1.29 is 44.0 Å². The molecular weight excluding hydrogens is 315 g/mol. The van der Waals surface area contributed by atoms with Gasteiger partial charge in [-0.1, -0.05) is 0 Å².